The first kappa shape index (κ1) is 35.7. The summed E-state index contributed by atoms with van der Waals surface area (Å²) in [4.78, 5) is 24.5. The minimum Gasteiger partial charge on any atom is -0.451 e. The molecule has 14 heteroatoms. The Morgan fingerprint density at radius 3 is 1.06 bits per heavy atom. The number of hydrogen-bond acceptors (Lipinski definition) is 4. The molecule has 4 aromatic rings. The van der Waals surface area contributed by atoms with Crippen LogP contribution < -0.4 is 20.1 Å². The van der Waals surface area contributed by atoms with E-state index in [4.69, 9.17) is 9.47 Å². The average molecular weight is 681 g/mol. The van der Waals surface area contributed by atoms with Crippen LogP contribution in [0.2, 0.25) is 0 Å². The lowest BCUT2D eigenvalue weighted by Crippen LogP contribution is -2.27. The van der Waals surface area contributed by atoms with Crippen molar-refractivity contribution in [2.75, 3.05) is 10.6 Å². The smallest absolute Gasteiger partial charge is 0.229 e. The molecule has 0 bridgehead atoms. The quantitative estimate of drug-likeness (QED) is 0.151. The van der Waals surface area contributed by atoms with Crippen LogP contribution in [0.5, 0.6) is 23.0 Å². The molecular formula is C34H28F8N2O4. The van der Waals surface area contributed by atoms with Crippen LogP contribution in [0.1, 0.15) is 41.5 Å². The number of benzene rings is 4. The topological polar surface area (TPSA) is 76.7 Å². The van der Waals surface area contributed by atoms with Gasteiger partial charge in [-0.2, -0.15) is 17.6 Å². The number of amides is 2. The van der Waals surface area contributed by atoms with Gasteiger partial charge in [0.15, 0.2) is 23.3 Å². The summed E-state index contributed by atoms with van der Waals surface area (Å²) in [5.74, 6) is -24.0. The summed E-state index contributed by atoms with van der Waals surface area (Å²) in [6.45, 7) is 9.67. The molecule has 0 saturated heterocycles. The number of hydrogen-bond donors (Lipinski definition) is 2. The molecule has 0 heterocycles. The van der Waals surface area contributed by atoms with E-state index in [9.17, 15) is 9.59 Å². The molecule has 0 aliphatic heterocycles. The van der Waals surface area contributed by atoms with Gasteiger partial charge in [0.2, 0.25) is 46.6 Å². The molecule has 48 heavy (non-hydrogen) atoms. The van der Waals surface area contributed by atoms with E-state index >= 15 is 35.1 Å². The van der Waals surface area contributed by atoms with Gasteiger partial charge in [-0.1, -0.05) is 53.7 Å². The van der Waals surface area contributed by atoms with Crippen molar-refractivity contribution in [2.45, 2.75) is 41.5 Å². The van der Waals surface area contributed by atoms with Gasteiger partial charge in [0.25, 0.3) is 0 Å². The van der Waals surface area contributed by atoms with Gasteiger partial charge < -0.3 is 20.1 Å². The largest absolute Gasteiger partial charge is 0.451 e. The van der Waals surface area contributed by atoms with E-state index in [1.54, 1.807) is 41.5 Å². The van der Waals surface area contributed by atoms with E-state index < -0.39 is 103 Å². The summed E-state index contributed by atoms with van der Waals surface area (Å²) in [6.07, 6.45) is 0. The van der Waals surface area contributed by atoms with Crippen LogP contribution in [0.15, 0.2) is 48.5 Å². The zero-order chi connectivity index (χ0) is 35.9. The van der Waals surface area contributed by atoms with Crippen molar-refractivity contribution in [3.8, 4) is 34.1 Å². The highest BCUT2D eigenvalue weighted by atomic mass is 19.2. The van der Waals surface area contributed by atoms with E-state index in [-0.39, 0.29) is 11.4 Å². The van der Waals surface area contributed by atoms with Crippen LogP contribution in [0.25, 0.3) is 11.1 Å². The van der Waals surface area contributed by atoms with Crippen LogP contribution in [0.3, 0.4) is 0 Å². The number of carbonyl (C=O) groups is 2. The highest BCUT2D eigenvalue weighted by Gasteiger charge is 2.36. The highest BCUT2D eigenvalue weighted by Crippen LogP contribution is 2.43. The molecule has 0 aliphatic rings. The maximum Gasteiger partial charge on any atom is 0.229 e. The van der Waals surface area contributed by atoms with E-state index in [2.05, 4.69) is 10.6 Å². The van der Waals surface area contributed by atoms with Gasteiger partial charge >= 0.3 is 0 Å². The summed E-state index contributed by atoms with van der Waals surface area (Å²) in [6, 6.07) is 9.71. The molecule has 2 amide bonds. The number of carbonyl (C=O) groups excluding carboxylic acids is 2. The summed E-state index contributed by atoms with van der Waals surface area (Å²) in [7, 11) is 0. The molecule has 254 valence electrons. The van der Waals surface area contributed by atoms with Gasteiger partial charge in [-0.25, -0.2) is 17.6 Å². The van der Waals surface area contributed by atoms with Gasteiger partial charge in [-0.05, 0) is 24.3 Å². The first-order valence-electron chi connectivity index (χ1n) is 14.1. The number of nitrogens with one attached hydrogen (secondary N) is 2. The van der Waals surface area contributed by atoms with Crippen molar-refractivity contribution in [3.63, 3.8) is 0 Å². The number of anilines is 2. The fourth-order valence-corrected chi connectivity index (χ4v) is 3.99. The maximum absolute atomic E-state index is 15.2. The second-order valence-electron chi connectivity index (χ2n) is 12.6. The molecule has 0 radical (unpaired) electrons. The van der Waals surface area contributed by atoms with Crippen molar-refractivity contribution in [1.29, 1.82) is 0 Å². The Balaban J connectivity index is 1.72. The Morgan fingerprint density at radius 1 is 0.500 bits per heavy atom. The Labute approximate surface area is 269 Å². The molecule has 0 fully saturated rings. The fourth-order valence-electron chi connectivity index (χ4n) is 3.99. The first-order chi connectivity index (χ1) is 22.2. The van der Waals surface area contributed by atoms with E-state index in [1.165, 1.54) is 24.3 Å². The molecule has 0 aliphatic carbocycles. The summed E-state index contributed by atoms with van der Waals surface area (Å²) in [5, 5.41) is 5.03. The minimum absolute atomic E-state index is 0.0876. The Bertz CT molecular complexity index is 1740. The average Bonchev–Trinajstić information content (AvgIpc) is 3.00. The first-order valence-corrected chi connectivity index (χ1v) is 14.1. The molecule has 6 nitrogen and oxygen atoms in total. The summed E-state index contributed by atoms with van der Waals surface area (Å²) < 4.78 is 131. The SMILES string of the molecule is CC(C)(C)C(=O)Nc1cccc(Oc2c(F)c(F)c(-c3c(F)c(F)c(Oc4cccc(NC(=O)C(C)(C)C)c4)c(F)c3F)c(F)c2F)c1. The van der Waals surface area contributed by atoms with Crippen molar-refractivity contribution < 1.29 is 54.2 Å². The zero-order valence-electron chi connectivity index (χ0n) is 26.3. The molecule has 4 rings (SSSR count). The van der Waals surface area contributed by atoms with Crippen LogP contribution in [-0.4, -0.2) is 11.8 Å². The van der Waals surface area contributed by atoms with Crippen molar-refractivity contribution in [3.05, 3.63) is 95.1 Å². The maximum atomic E-state index is 15.2. The highest BCUT2D eigenvalue weighted by molar-refractivity contribution is 5.95. The lowest BCUT2D eigenvalue weighted by molar-refractivity contribution is -0.123. The van der Waals surface area contributed by atoms with Crippen LogP contribution in [0, 0.1) is 57.4 Å². The molecule has 2 N–H and O–H groups in total. The van der Waals surface area contributed by atoms with Crippen LogP contribution in [-0.2, 0) is 9.59 Å². The molecule has 0 spiro atoms. The Morgan fingerprint density at radius 2 is 0.792 bits per heavy atom. The Hall–Kier alpha value is -5.14. The molecule has 0 saturated carbocycles. The van der Waals surface area contributed by atoms with E-state index in [0.717, 1.165) is 24.3 Å². The third-order valence-corrected chi connectivity index (χ3v) is 6.68. The minimum atomic E-state index is -2.44. The fraction of sp³-hybridized carbons (Fsp3) is 0.235. The second kappa shape index (κ2) is 13.2. The normalized spacial score (nSPS) is 11.7. The van der Waals surface area contributed by atoms with Gasteiger partial charge in [-0.3, -0.25) is 9.59 Å². The predicted molar refractivity (Wildman–Crippen MR) is 161 cm³/mol. The van der Waals surface area contributed by atoms with Gasteiger partial charge in [-0.15, -0.1) is 0 Å². The zero-order valence-corrected chi connectivity index (χ0v) is 26.3. The van der Waals surface area contributed by atoms with Gasteiger partial charge in [0.1, 0.15) is 11.5 Å². The Kier molecular flexibility index (Phi) is 9.79. The molecule has 0 atom stereocenters. The third kappa shape index (κ3) is 7.21. The van der Waals surface area contributed by atoms with Crippen molar-refractivity contribution in [2.24, 2.45) is 10.8 Å². The van der Waals surface area contributed by atoms with E-state index in [0.29, 0.717) is 0 Å². The number of ether oxygens (including phenoxy) is 2. The number of rotatable bonds is 7. The molecule has 4 aromatic carbocycles. The molecular weight excluding hydrogens is 652 g/mol. The lowest BCUT2D eigenvalue weighted by Gasteiger charge is -2.19. The number of halogens is 8. The van der Waals surface area contributed by atoms with Gasteiger partial charge in [0.05, 0.1) is 11.1 Å². The van der Waals surface area contributed by atoms with E-state index in [1.807, 2.05) is 0 Å². The van der Waals surface area contributed by atoms with Crippen LogP contribution in [0.4, 0.5) is 46.5 Å². The van der Waals surface area contributed by atoms with Crippen molar-refractivity contribution >= 4 is 23.2 Å². The summed E-state index contributed by atoms with van der Waals surface area (Å²) in [5.41, 5.74) is -5.69. The van der Waals surface area contributed by atoms with Crippen LogP contribution >= 0.6 is 0 Å². The predicted octanol–water partition coefficient (Wildman–Crippen LogP) is 10.0. The monoisotopic (exact) mass is 680 g/mol. The van der Waals surface area contributed by atoms with Gasteiger partial charge in [0, 0.05) is 34.3 Å². The molecule has 0 unspecified atom stereocenters. The summed E-state index contributed by atoms with van der Waals surface area (Å²) >= 11 is 0. The second-order valence-corrected chi connectivity index (χ2v) is 12.6. The van der Waals surface area contributed by atoms with Crippen molar-refractivity contribution in [1.82, 2.24) is 0 Å². The lowest BCUT2D eigenvalue weighted by atomic mass is 9.95. The molecule has 0 aromatic heterocycles. The third-order valence-electron chi connectivity index (χ3n) is 6.68. The standard InChI is InChI=1S/C34H28F8N2O4/c1-33(2,3)31(45)43-15-9-7-11-17(13-15)47-29-25(39)21(35)19(22(36)26(29)40)20-23(37)27(41)30(28(42)24(20)38)48-18-12-8-10-16(14-18)44-32(46)34(4,5)6/h7-14H,1-6H3,(H,43,45)(H,44,46).